The number of benzene rings is 1. The lowest BCUT2D eigenvalue weighted by Crippen LogP contribution is -2.39. The van der Waals surface area contributed by atoms with Gasteiger partial charge in [-0.1, -0.05) is 23.9 Å². The summed E-state index contributed by atoms with van der Waals surface area (Å²) in [5, 5.41) is 8.07. The minimum Gasteiger partial charge on any atom is -0.368 e. The second-order valence-corrected chi connectivity index (χ2v) is 8.80. The standard InChI is InChI=1S/C22H27N7O2S/c1-13-17(14(2)29-21(24-13)26-22(27-29)32-3)11-19(30)25-16-7-4-6-15(10-16)12-28-9-5-8-18(28)20(23)31/h4,6-7,10,18H,5,8-9,11-12H2,1-3H3,(H2,23,31)(H,25,30). The van der Waals surface area contributed by atoms with Gasteiger partial charge in [-0.3, -0.25) is 14.5 Å². The first-order valence-electron chi connectivity index (χ1n) is 10.5. The van der Waals surface area contributed by atoms with Gasteiger partial charge in [-0.15, -0.1) is 5.10 Å². The van der Waals surface area contributed by atoms with Crippen molar-refractivity contribution in [3.63, 3.8) is 0 Å². The molecule has 0 bridgehead atoms. The molecule has 1 aromatic carbocycles. The van der Waals surface area contributed by atoms with E-state index in [1.165, 1.54) is 11.8 Å². The van der Waals surface area contributed by atoms with E-state index in [9.17, 15) is 9.59 Å². The number of carbonyl (C=O) groups is 2. The summed E-state index contributed by atoms with van der Waals surface area (Å²) in [5.41, 5.74) is 9.74. The summed E-state index contributed by atoms with van der Waals surface area (Å²) in [6.45, 7) is 5.28. The summed E-state index contributed by atoms with van der Waals surface area (Å²) in [6, 6.07) is 7.48. The van der Waals surface area contributed by atoms with Crippen LogP contribution in [0.25, 0.3) is 5.78 Å². The molecule has 1 aliphatic rings. The van der Waals surface area contributed by atoms with Gasteiger partial charge in [0.2, 0.25) is 17.0 Å². The molecule has 32 heavy (non-hydrogen) atoms. The van der Waals surface area contributed by atoms with Crippen LogP contribution in [0.3, 0.4) is 0 Å². The van der Waals surface area contributed by atoms with Crippen molar-refractivity contribution in [1.82, 2.24) is 24.5 Å². The Labute approximate surface area is 190 Å². The van der Waals surface area contributed by atoms with Crippen LogP contribution < -0.4 is 11.1 Å². The molecule has 168 valence electrons. The maximum absolute atomic E-state index is 12.8. The van der Waals surface area contributed by atoms with E-state index in [-0.39, 0.29) is 24.3 Å². The van der Waals surface area contributed by atoms with Crippen LogP contribution in [0.1, 0.15) is 35.4 Å². The number of aromatic nitrogens is 4. The summed E-state index contributed by atoms with van der Waals surface area (Å²) in [5.74, 6) is 0.133. The maximum Gasteiger partial charge on any atom is 0.253 e. The van der Waals surface area contributed by atoms with Crippen LogP contribution >= 0.6 is 11.8 Å². The quantitative estimate of drug-likeness (QED) is 0.526. The number of aryl methyl sites for hydroxylation is 2. The number of carbonyl (C=O) groups excluding carboxylic acids is 2. The van der Waals surface area contributed by atoms with Gasteiger partial charge >= 0.3 is 0 Å². The predicted molar refractivity (Wildman–Crippen MR) is 123 cm³/mol. The first kappa shape index (κ1) is 22.2. The van der Waals surface area contributed by atoms with E-state index in [1.807, 2.05) is 44.4 Å². The van der Waals surface area contributed by atoms with E-state index in [4.69, 9.17) is 5.73 Å². The van der Waals surface area contributed by atoms with Crippen molar-refractivity contribution in [1.29, 1.82) is 0 Å². The number of thioether (sulfide) groups is 1. The Morgan fingerprint density at radius 2 is 2.09 bits per heavy atom. The largest absolute Gasteiger partial charge is 0.368 e. The Kier molecular flexibility index (Phi) is 6.43. The molecule has 2 amide bonds. The minimum absolute atomic E-state index is 0.129. The summed E-state index contributed by atoms with van der Waals surface area (Å²) >= 11 is 1.45. The van der Waals surface area contributed by atoms with Crippen molar-refractivity contribution in [2.24, 2.45) is 5.73 Å². The number of amides is 2. The fourth-order valence-electron chi connectivity index (χ4n) is 4.22. The Balaban J connectivity index is 1.47. The SMILES string of the molecule is CSc1nc2nc(C)c(CC(=O)Nc3cccc(CN4CCCC4C(N)=O)c3)c(C)n2n1. The van der Waals surface area contributed by atoms with E-state index in [1.54, 1.807) is 4.52 Å². The van der Waals surface area contributed by atoms with Crippen molar-refractivity contribution in [3.8, 4) is 0 Å². The normalized spacial score (nSPS) is 16.5. The Bertz CT molecular complexity index is 1180. The van der Waals surface area contributed by atoms with E-state index in [0.717, 1.165) is 47.6 Å². The molecule has 3 heterocycles. The molecule has 0 radical (unpaired) electrons. The molecule has 3 N–H and O–H groups in total. The molecule has 0 saturated carbocycles. The average Bonchev–Trinajstić information content (AvgIpc) is 3.38. The van der Waals surface area contributed by atoms with Gasteiger partial charge in [-0.2, -0.15) is 4.98 Å². The molecule has 2 aromatic heterocycles. The first-order valence-corrected chi connectivity index (χ1v) is 11.8. The average molecular weight is 454 g/mol. The number of hydrogen-bond donors (Lipinski definition) is 2. The number of fused-ring (bicyclic) bond motifs is 1. The Morgan fingerprint density at radius 1 is 1.28 bits per heavy atom. The molecule has 9 nitrogen and oxygen atoms in total. The molecule has 0 spiro atoms. The molecule has 1 aliphatic heterocycles. The monoisotopic (exact) mass is 453 g/mol. The van der Waals surface area contributed by atoms with Crippen LogP contribution in [0.2, 0.25) is 0 Å². The van der Waals surface area contributed by atoms with Gasteiger partial charge in [0.05, 0.1) is 12.5 Å². The van der Waals surface area contributed by atoms with Crippen LogP contribution in [0.15, 0.2) is 29.4 Å². The van der Waals surface area contributed by atoms with Gasteiger partial charge < -0.3 is 11.1 Å². The number of likely N-dealkylation sites (tertiary alicyclic amines) is 1. The number of nitrogens with zero attached hydrogens (tertiary/aromatic N) is 5. The molecule has 4 rings (SSSR count). The van der Waals surface area contributed by atoms with Crippen molar-refractivity contribution in [3.05, 3.63) is 46.8 Å². The van der Waals surface area contributed by atoms with Crippen molar-refractivity contribution in [2.75, 3.05) is 18.1 Å². The predicted octanol–water partition coefficient (Wildman–Crippen LogP) is 2.09. The fraction of sp³-hybridized carbons (Fsp3) is 0.409. The lowest BCUT2D eigenvalue weighted by atomic mass is 10.1. The van der Waals surface area contributed by atoms with E-state index in [2.05, 4.69) is 25.3 Å². The van der Waals surface area contributed by atoms with Gasteiger partial charge in [-0.25, -0.2) is 9.50 Å². The molecule has 3 aromatic rings. The lowest BCUT2D eigenvalue weighted by Gasteiger charge is -2.22. The smallest absolute Gasteiger partial charge is 0.253 e. The zero-order valence-electron chi connectivity index (χ0n) is 18.5. The Morgan fingerprint density at radius 3 is 2.84 bits per heavy atom. The summed E-state index contributed by atoms with van der Waals surface area (Å²) in [7, 11) is 0. The van der Waals surface area contributed by atoms with Gasteiger partial charge in [0.15, 0.2) is 0 Å². The molecule has 0 aliphatic carbocycles. The zero-order chi connectivity index (χ0) is 22.8. The maximum atomic E-state index is 12.8. The fourth-order valence-corrected chi connectivity index (χ4v) is 4.55. The van der Waals surface area contributed by atoms with Crippen molar-refractivity contribution >= 4 is 35.0 Å². The number of nitrogens with one attached hydrogen (secondary N) is 1. The molecule has 10 heteroatoms. The number of rotatable bonds is 7. The van der Waals surface area contributed by atoms with E-state index < -0.39 is 0 Å². The molecular weight excluding hydrogens is 426 g/mol. The highest BCUT2D eigenvalue weighted by Crippen LogP contribution is 2.22. The highest BCUT2D eigenvalue weighted by molar-refractivity contribution is 7.98. The molecule has 1 unspecified atom stereocenters. The zero-order valence-corrected chi connectivity index (χ0v) is 19.3. The van der Waals surface area contributed by atoms with Crippen LogP contribution in [-0.2, 0) is 22.6 Å². The van der Waals surface area contributed by atoms with Gasteiger partial charge in [-0.05, 0) is 57.2 Å². The number of primary amides is 1. The van der Waals surface area contributed by atoms with Gasteiger partial charge in [0, 0.05) is 29.2 Å². The van der Waals surface area contributed by atoms with Crippen LogP contribution in [0.5, 0.6) is 0 Å². The lowest BCUT2D eigenvalue weighted by molar-refractivity contribution is -0.122. The van der Waals surface area contributed by atoms with Crippen LogP contribution in [-0.4, -0.2) is 55.1 Å². The summed E-state index contributed by atoms with van der Waals surface area (Å²) in [4.78, 5) is 35.5. The van der Waals surface area contributed by atoms with Crippen LogP contribution in [0, 0.1) is 13.8 Å². The summed E-state index contributed by atoms with van der Waals surface area (Å²) < 4.78 is 1.69. The topological polar surface area (TPSA) is 119 Å². The number of nitrogens with two attached hydrogens (primary N) is 1. The first-order chi connectivity index (χ1) is 15.4. The second-order valence-electron chi connectivity index (χ2n) is 8.03. The molecule has 1 fully saturated rings. The number of anilines is 1. The third-order valence-electron chi connectivity index (χ3n) is 5.84. The highest BCUT2D eigenvalue weighted by atomic mass is 32.2. The third kappa shape index (κ3) is 4.61. The molecule has 1 atom stereocenters. The highest BCUT2D eigenvalue weighted by Gasteiger charge is 2.28. The minimum atomic E-state index is -0.277. The molecular formula is C22H27N7O2S. The summed E-state index contributed by atoms with van der Waals surface area (Å²) in [6.07, 6.45) is 3.87. The molecule has 1 saturated heterocycles. The Hall–Kier alpha value is -2.98. The van der Waals surface area contributed by atoms with Crippen molar-refractivity contribution < 1.29 is 9.59 Å². The van der Waals surface area contributed by atoms with Gasteiger partial charge in [0.25, 0.3) is 5.78 Å². The van der Waals surface area contributed by atoms with E-state index >= 15 is 0 Å². The van der Waals surface area contributed by atoms with Crippen LogP contribution in [0.4, 0.5) is 5.69 Å². The third-order valence-corrected chi connectivity index (χ3v) is 6.38. The van der Waals surface area contributed by atoms with Gasteiger partial charge in [0.1, 0.15) is 0 Å². The van der Waals surface area contributed by atoms with E-state index in [0.29, 0.717) is 17.5 Å². The second kappa shape index (κ2) is 9.25. The van der Waals surface area contributed by atoms with Crippen molar-refractivity contribution in [2.45, 2.75) is 50.9 Å². The number of hydrogen-bond acceptors (Lipinski definition) is 7.